The summed E-state index contributed by atoms with van der Waals surface area (Å²) in [4.78, 5) is 12.3. The van der Waals surface area contributed by atoms with Gasteiger partial charge in [-0.15, -0.1) is 0 Å². The van der Waals surface area contributed by atoms with Gasteiger partial charge < -0.3 is 34.7 Å². The predicted molar refractivity (Wildman–Crippen MR) is 92.0 cm³/mol. The zero-order chi connectivity index (χ0) is 19.2. The second kappa shape index (κ2) is 6.07. The number of rotatable bonds is 3. The molecule has 136 valence electrons. The van der Waals surface area contributed by atoms with Gasteiger partial charge in [0.2, 0.25) is 16.9 Å². The third kappa shape index (κ3) is 2.81. The fourth-order valence-corrected chi connectivity index (χ4v) is 2.56. The molecule has 0 fully saturated rings. The molecular formula is C18H16O8. The third-order valence-corrected chi connectivity index (χ3v) is 3.60. The summed E-state index contributed by atoms with van der Waals surface area (Å²) in [5, 5.41) is 49.4. The Morgan fingerprint density at radius 2 is 1.54 bits per heavy atom. The third-order valence-electron chi connectivity index (χ3n) is 3.60. The summed E-state index contributed by atoms with van der Waals surface area (Å²) < 4.78 is 10.7. The fourth-order valence-electron chi connectivity index (χ4n) is 2.56. The first-order valence-corrected chi connectivity index (χ1v) is 7.63. The number of benzene rings is 2. The molecule has 0 bridgehead atoms. The molecule has 3 rings (SSSR count). The van der Waals surface area contributed by atoms with E-state index in [1.807, 2.05) is 0 Å². The van der Waals surface area contributed by atoms with Crippen LogP contribution in [0.5, 0.6) is 34.5 Å². The molecular weight excluding hydrogens is 344 g/mol. The van der Waals surface area contributed by atoms with Gasteiger partial charge in [-0.25, -0.2) is 0 Å². The van der Waals surface area contributed by atoms with E-state index in [1.165, 1.54) is 0 Å². The Bertz CT molecular complexity index is 1040. The van der Waals surface area contributed by atoms with Gasteiger partial charge in [-0.2, -0.15) is 0 Å². The molecule has 1 aromatic heterocycles. The predicted octanol–water partition coefficient (Wildman–Crippen LogP) is 2.78. The van der Waals surface area contributed by atoms with Gasteiger partial charge in [0.25, 0.3) is 0 Å². The number of fused-ring (bicyclic) bond motifs is 1. The van der Waals surface area contributed by atoms with Gasteiger partial charge in [-0.05, 0) is 26.0 Å². The Hall–Kier alpha value is -3.55. The molecule has 0 amide bonds. The number of hydrogen-bond acceptors (Lipinski definition) is 8. The van der Waals surface area contributed by atoms with E-state index in [0.29, 0.717) is 0 Å². The molecule has 1 heterocycles. The van der Waals surface area contributed by atoms with E-state index in [9.17, 15) is 30.3 Å². The zero-order valence-corrected chi connectivity index (χ0v) is 13.8. The van der Waals surface area contributed by atoms with Crippen LogP contribution in [0.4, 0.5) is 0 Å². The summed E-state index contributed by atoms with van der Waals surface area (Å²) in [5.74, 6) is -3.07. The van der Waals surface area contributed by atoms with Crippen molar-refractivity contribution in [1.29, 1.82) is 0 Å². The quantitative estimate of drug-likeness (QED) is 0.480. The molecule has 0 aliphatic rings. The first kappa shape index (κ1) is 17.3. The molecule has 0 unspecified atom stereocenters. The number of ether oxygens (including phenoxy) is 1. The standard InChI is InChI=1S/C18H16O8/c1-7(2)25-18-11(21)3-8(4-12(18)22)17-16(24)15(23)14-10(20)5-9(19)6-13(14)26-17/h3-7,19-22,24H,1-2H3. The fraction of sp³-hybridized carbons (Fsp3) is 0.167. The van der Waals surface area contributed by atoms with Crippen molar-refractivity contribution in [3.63, 3.8) is 0 Å². The van der Waals surface area contributed by atoms with Crippen LogP contribution < -0.4 is 10.2 Å². The lowest BCUT2D eigenvalue weighted by Crippen LogP contribution is -2.06. The molecule has 2 aromatic carbocycles. The number of hydrogen-bond donors (Lipinski definition) is 5. The van der Waals surface area contributed by atoms with Gasteiger partial charge in [-0.1, -0.05) is 0 Å². The van der Waals surface area contributed by atoms with Crippen molar-refractivity contribution in [3.8, 4) is 45.8 Å². The first-order chi connectivity index (χ1) is 12.2. The van der Waals surface area contributed by atoms with Crippen LogP contribution in [0.25, 0.3) is 22.3 Å². The van der Waals surface area contributed by atoms with Crippen molar-refractivity contribution in [3.05, 3.63) is 34.5 Å². The largest absolute Gasteiger partial charge is 0.508 e. The number of aromatic hydroxyl groups is 5. The molecule has 3 aromatic rings. The summed E-state index contributed by atoms with van der Waals surface area (Å²) in [6.45, 7) is 3.42. The van der Waals surface area contributed by atoms with E-state index in [2.05, 4.69) is 0 Å². The average Bonchev–Trinajstić information content (AvgIpc) is 2.53. The van der Waals surface area contributed by atoms with E-state index in [1.54, 1.807) is 13.8 Å². The van der Waals surface area contributed by atoms with Crippen LogP contribution in [0.3, 0.4) is 0 Å². The second-order valence-electron chi connectivity index (χ2n) is 5.96. The summed E-state index contributed by atoms with van der Waals surface area (Å²) >= 11 is 0. The highest BCUT2D eigenvalue weighted by atomic mass is 16.5. The Morgan fingerprint density at radius 3 is 2.12 bits per heavy atom. The van der Waals surface area contributed by atoms with Crippen molar-refractivity contribution in [2.24, 2.45) is 0 Å². The highest BCUT2D eigenvalue weighted by molar-refractivity contribution is 5.88. The van der Waals surface area contributed by atoms with Gasteiger partial charge in [0.15, 0.2) is 17.3 Å². The van der Waals surface area contributed by atoms with E-state index >= 15 is 0 Å². The minimum Gasteiger partial charge on any atom is -0.508 e. The monoisotopic (exact) mass is 360 g/mol. The lowest BCUT2D eigenvalue weighted by atomic mass is 10.1. The SMILES string of the molecule is CC(C)Oc1c(O)cc(-c2oc3cc(O)cc(O)c3c(=O)c2O)cc1O. The van der Waals surface area contributed by atoms with Crippen molar-refractivity contribution in [1.82, 2.24) is 0 Å². The summed E-state index contributed by atoms with van der Waals surface area (Å²) in [5.41, 5.74) is -1.11. The number of phenolic OH excluding ortho intramolecular Hbond substituents is 4. The Kier molecular flexibility index (Phi) is 4.03. The lowest BCUT2D eigenvalue weighted by molar-refractivity contribution is 0.221. The van der Waals surface area contributed by atoms with Crippen LogP contribution in [-0.2, 0) is 0 Å². The maximum Gasteiger partial charge on any atom is 0.238 e. The first-order valence-electron chi connectivity index (χ1n) is 7.63. The van der Waals surface area contributed by atoms with Gasteiger partial charge in [0.05, 0.1) is 6.10 Å². The summed E-state index contributed by atoms with van der Waals surface area (Å²) in [6.07, 6.45) is -0.310. The molecule has 8 nitrogen and oxygen atoms in total. The van der Waals surface area contributed by atoms with E-state index in [0.717, 1.165) is 24.3 Å². The topological polar surface area (TPSA) is 141 Å². The maximum absolute atomic E-state index is 12.3. The van der Waals surface area contributed by atoms with Crippen LogP contribution >= 0.6 is 0 Å². The van der Waals surface area contributed by atoms with Crippen LogP contribution in [-0.4, -0.2) is 31.6 Å². The summed E-state index contributed by atoms with van der Waals surface area (Å²) in [7, 11) is 0. The van der Waals surface area contributed by atoms with Crippen LogP contribution in [0.2, 0.25) is 0 Å². The molecule has 0 aliphatic heterocycles. The molecule has 0 saturated carbocycles. The molecule has 5 N–H and O–H groups in total. The van der Waals surface area contributed by atoms with Gasteiger partial charge in [-0.3, -0.25) is 4.79 Å². The normalized spacial score (nSPS) is 11.2. The molecule has 8 heteroatoms. The van der Waals surface area contributed by atoms with Crippen LogP contribution in [0.15, 0.2) is 33.5 Å². The number of phenols is 4. The van der Waals surface area contributed by atoms with E-state index in [-0.39, 0.29) is 39.9 Å². The van der Waals surface area contributed by atoms with Crippen molar-refractivity contribution >= 4 is 11.0 Å². The Labute approximate surface area is 146 Å². The van der Waals surface area contributed by atoms with Crippen molar-refractivity contribution in [2.75, 3.05) is 0 Å². The van der Waals surface area contributed by atoms with Gasteiger partial charge in [0.1, 0.15) is 22.5 Å². The molecule has 0 spiro atoms. The van der Waals surface area contributed by atoms with E-state index in [4.69, 9.17) is 9.15 Å². The van der Waals surface area contributed by atoms with Gasteiger partial charge in [0, 0.05) is 17.7 Å². The molecule has 0 aliphatic carbocycles. The summed E-state index contributed by atoms with van der Waals surface area (Å²) in [6, 6.07) is 4.32. The van der Waals surface area contributed by atoms with Crippen molar-refractivity contribution < 1.29 is 34.7 Å². The Balaban J connectivity index is 2.26. The molecule has 26 heavy (non-hydrogen) atoms. The van der Waals surface area contributed by atoms with Crippen molar-refractivity contribution in [2.45, 2.75) is 20.0 Å². The lowest BCUT2D eigenvalue weighted by Gasteiger charge is -2.14. The van der Waals surface area contributed by atoms with Crippen LogP contribution in [0.1, 0.15) is 13.8 Å². The highest BCUT2D eigenvalue weighted by Gasteiger charge is 2.21. The Morgan fingerprint density at radius 1 is 0.923 bits per heavy atom. The highest BCUT2D eigenvalue weighted by Crippen LogP contribution is 2.43. The minimum atomic E-state index is -0.930. The second-order valence-corrected chi connectivity index (χ2v) is 5.96. The smallest absolute Gasteiger partial charge is 0.238 e. The molecule has 0 radical (unpaired) electrons. The molecule has 0 saturated heterocycles. The van der Waals surface area contributed by atoms with E-state index < -0.39 is 28.4 Å². The van der Waals surface area contributed by atoms with Crippen LogP contribution in [0, 0.1) is 0 Å². The minimum absolute atomic E-state index is 0.00422. The average molecular weight is 360 g/mol. The maximum atomic E-state index is 12.3. The molecule has 0 atom stereocenters. The van der Waals surface area contributed by atoms with Gasteiger partial charge >= 0.3 is 0 Å². The zero-order valence-electron chi connectivity index (χ0n) is 13.8.